The van der Waals surface area contributed by atoms with Crippen molar-refractivity contribution in [3.63, 3.8) is 0 Å². The molecule has 0 N–H and O–H groups in total. The molecule has 78 valence electrons. The average Bonchev–Trinajstić information content (AvgIpc) is 2.60. The van der Waals surface area contributed by atoms with E-state index in [1.165, 1.54) is 11.2 Å². The molecule has 0 aromatic carbocycles. The minimum Gasteiger partial charge on any atom is -0.167 e. The van der Waals surface area contributed by atoms with E-state index in [0.717, 1.165) is 25.1 Å². The minimum absolute atomic E-state index is 0.273. The second kappa shape index (κ2) is 3.50. The highest BCUT2D eigenvalue weighted by molar-refractivity contribution is 6.20. The van der Waals surface area contributed by atoms with Gasteiger partial charge < -0.3 is 0 Å². The number of aryl methyl sites for hydroxylation is 1. The summed E-state index contributed by atoms with van der Waals surface area (Å²) in [5.74, 6) is 0.834. The fraction of sp³-hybridized carbons (Fsp3) is 0.889. The van der Waals surface area contributed by atoms with E-state index in [1.54, 1.807) is 7.05 Å². The molecule has 1 fully saturated rings. The molecule has 2 rings (SSSR count). The lowest BCUT2D eigenvalue weighted by Crippen LogP contribution is -2.16. The first-order valence-corrected chi connectivity index (χ1v) is 5.38. The Morgan fingerprint density at radius 3 is 2.93 bits per heavy atom. The van der Waals surface area contributed by atoms with Crippen molar-refractivity contribution in [2.75, 3.05) is 0 Å². The third kappa shape index (κ3) is 2.05. The Bertz CT molecular complexity index is 324. The summed E-state index contributed by atoms with van der Waals surface area (Å²) in [6, 6.07) is 0. The van der Waals surface area contributed by atoms with E-state index < -0.39 is 0 Å². The van der Waals surface area contributed by atoms with Crippen LogP contribution in [-0.4, -0.2) is 25.6 Å². The van der Waals surface area contributed by atoms with E-state index in [0.29, 0.717) is 5.38 Å². The van der Waals surface area contributed by atoms with Gasteiger partial charge in [-0.3, -0.25) is 0 Å². The van der Waals surface area contributed by atoms with Crippen molar-refractivity contribution in [2.45, 2.75) is 38.0 Å². The van der Waals surface area contributed by atoms with E-state index in [4.69, 9.17) is 11.6 Å². The van der Waals surface area contributed by atoms with Crippen LogP contribution < -0.4 is 0 Å². The summed E-state index contributed by atoms with van der Waals surface area (Å²) in [7, 11) is 1.79. The van der Waals surface area contributed by atoms with Gasteiger partial charge in [0.05, 0.1) is 7.05 Å². The van der Waals surface area contributed by atoms with Crippen LogP contribution in [0.15, 0.2) is 0 Å². The third-order valence-corrected chi connectivity index (χ3v) is 3.28. The van der Waals surface area contributed by atoms with Gasteiger partial charge in [0, 0.05) is 11.8 Å². The van der Waals surface area contributed by atoms with Gasteiger partial charge in [0.2, 0.25) is 0 Å². The largest absolute Gasteiger partial charge is 0.175 e. The highest BCUT2D eigenvalue weighted by atomic mass is 35.5. The monoisotopic (exact) mass is 214 g/mol. The zero-order valence-electron chi connectivity index (χ0n) is 8.57. The van der Waals surface area contributed by atoms with E-state index in [-0.39, 0.29) is 5.41 Å². The van der Waals surface area contributed by atoms with Crippen molar-refractivity contribution in [1.82, 2.24) is 20.2 Å². The van der Waals surface area contributed by atoms with E-state index in [2.05, 4.69) is 22.3 Å². The van der Waals surface area contributed by atoms with Crippen molar-refractivity contribution < 1.29 is 0 Å². The fourth-order valence-electron chi connectivity index (χ4n) is 2.18. The molecule has 0 spiro atoms. The molecule has 1 heterocycles. The Hall–Kier alpha value is -0.640. The topological polar surface area (TPSA) is 43.6 Å². The average molecular weight is 215 g/mol. The van der Waals surface area contributed by atoms with Crippen LogP contribution >= 0.6 is 11.6 Å². The Labute approximate surface area is 88.6 Å². The second-order valence-electron chi connectivity index (χ2n) is 4.52. The predicted molar refractivity (Wildman–Crippen MR) is 54.1 cm³/mol. The van der Waals surface area contributed by atoms with Gasteiger partial charge in [-0.25, -0.2) is 0 Å². The van der Waals surface area contributed by atoms with Gasteiger partial charge in [0.1, 0.15) is 0 Å². The quantitative estimate of drug-likeness (QED) is 0.702. The summed E-state index contributed by atoms with van der Waals surface area (Å²) >= 11 is 6.11. The normalized spacial score (nSPS) is 32.4. The van der Waals surface area contributed by atoms with Crippen molar-refractivity contribution >= 4 is 11.6 Å². The molecule has 2 atom stereocenters. The zero-order chi connectivity index (χ0) is 10.2. The molecular formula is C9H15ClN4. The highest BCUT2D eigenvalue weighted by Crippen LogP contribution is 2.42. The van der Waals surface area contributed by atoms with Gasteiger partial charge in [0.15, 0.2) is 5.82 Å². The maximum absolute atomic E-state index is 6.11. The van der Waals surface area contributed by atoms with Crippen LogP contribution in [0.25, 0.3) is 0 Å². The lowest BCUT2D eigenvalue weighted by Gasteiger charge is -2.20. The Morgan fingerprint density at radius 2 is 2.43 bits per heavy atom. The highest BCUT2D eigenvalue weighted by Gasteiger charge is 2.35. The number of hydrogen-bond acceptors (Lipinski definition) is 3. The van der Waals surface area contributed by atoms with Crippen LogP contribution in [0.2, 0.25) is 0 Å². The standard InChI is InChI=1S/C9H15ClN4/c1-9(4-3-7(10)5-9)6-8-11-13-14(2)12-8/h7H,3-6H2,1-2H3. The van der Waals surface area contributed by atoms with Crippen LogP contribution in [0.4, 0.5) is 0 Å². The number of hydrogen-bond donors (Lipinski definition) is 0. The van der Waals surface area contributed by atoms with Crippen LogP contribution in [0.3, 0.4) is 0 Å². The number of rotatable bonds is 2. The van der Waals surface area contributed by atoms with Crippen LogP contribution in [0, 0.1) is 5.41 Å². The zero-order valence-corrected chi connectivity index (χ0v) is 9.33. The van der Waals surface area contributed by atoms with Crippen LogP contribution in [0.1, 0.15) is 32.0 Å². The molecule has 4 nitrogen and oxygen atoms in total. The molecule has 1 aliphatic carbocycles. The van der Waals surface area contributed by atoms with Gasteiger partial charge in [-0.1, -0.05) is 6.92 Å². The van der Waals surface area contributed by atoms with Crippen molar-refractivity contribution in [2.24, 2.45) is 12.5 Å². The first-order valence-electron chi connectivity index (χ1n) is 4.94. The molecule has 0 bridgehead atoms. The van der Waals surface area contributed by atoms with Gasteiger partial charge in [-0.2, -0.15) is 4.80 Å². The lowest BCUT2D eigenvalue weighted by molar-refractivity contribution is 0.327. The molecule has 1 aromatic rings. The molecule has 0 saturated heterocycles. The van der Waals surface area contributed by atoms with E-state index in [9.17, 15) is 0 Å². The van der Waals surface area contributed by atoms with Gasteiger partial charge in [-0.15, -0.1) is 21.8 Å². The van der Waals surface area contributed by atoms with Crippen LogP contribution in [-0.2, 0) is 13.5 Å². The Balaban J connectivity index is 2.03. The van der Waals surface area contributed by atoms with Gasteiger partial charge in [0.25, 0.3) is 0 Å². The van der Waals surface area contributed by atoms with Gasteiger partial charge in [-0.05, 0) is 29.9 Å². The molecular weight excluding hydrogens is 200 g/mol. The molecule has 14 heavy (non-hydrogen) atoms. The SMILES string of the molecule is Cn1nnc(CC2(C)CCC(Cl)C2)n1. The summed E-state index contributed by atoms with van der Waals surface area (Å²) in [4.78, 5) is 1.51. The lowest BCUT2D eigenvalue weighted by atomic mass is 9.85. The number of nitrogens with zero attached hydrogens (tertiary/aromatic N) is 4. The van der Waals surface area contributed by atoms with E-state index in [1.807, 2.05) is 0 Å². The van der Waals surface area contributed by atoms with Crippen molar-refractivity contribution in [1.29, 1.82) is 0 Å². The molecule has 1 saturated carbocycles. The number of aromatic nitrogens is 4. The first kappa shape index (κ1) is 9.90. The van der Waals surface area contributed by atoms with Crippen LogP contribution in [0.5, 0.6) is 0 Å². The molecule has 2 unspecified atom stereocenters. The molecule has 1 aliphatic rings. The predicted octanol–water partition coefficient (Wildman–Crippen LogP) is 1.55. The Kier molecular flexibility index (Phi) is 2.47. The number of halogens is 1. The maximum atomic E-state index is 6.11. The summed E-state index contributed by atoms with van der Waals surface area (Å²) in [6.07, 6.45) is 4.23. The molecule has 0 amide bonds. The third-order valence-electron chi connectivity index (χ3n) is 2.91. The number of alkyl halides is 1. The fourth-order valence-corrected chi connectivity index (χ4v) is 2.66. The summed E-state index contributed by atoms with van der Waals surface area (Å²) < 4.78 is 0. The summed E-state index contributed by atoms with van der Waals surface area (Å²) in [6.45, 7) is 2.26. The summed E-state index contributed by atoms with van der Waals surface area (Å²) in [5, 5.41) is 12.4. The second-order valence-corrected chi connectivity index (χ2v) is 5.14. The van der Waals surface area contributed by atoms with E-state index >= 15 is 0 Å². The van der Waals surface area contributed by atoms with Gasteiger partial charge >= 0.3 is 0 Å². The number of tetrazole rings is 1. The summed E-state index contributed by atoms with van der Waals surface area (Å²) in [5.41, 5.74) is 0.273. The Morgan fingerprint density at radius 1 is 1.64 bits per heavy atom. The molecule has 1 aromatic heterocycles. The molecule has 0 aliphatic heterocycles. The first-order chi connectivity index (χ1) is 6.57. The molecule has 5 heteroatoms. The smallest absolute Gasteiger partial charge is 0.167 e. The minimum atomic E-state index is 0.273. The molecule has 0 radical (unpaired) electrons. The maximum Gasteiger partial charge on any atom is 0.175 e. The van der Waals surface area contributed by atoms with Crippen molar-refractivity contribution in [3.05, 3.63) is 5.82 Å². The van der Waals surface area contributed by atoms with Crippen molar-refractivity contribution in [3.8, 4) is 0 Å².